The van der Waals surface area contributed by atoms with Crippen molar-refractivity contribution in [2.75, 3.05) is 11.1 Å². The minimum Gasteiger partial charge on any atom is -0.408 e. The van der Waals surface area contributed by atoms with Crippen LogP contribution in [0.25, 0.3) is 0 Å². The van der Waals surface area contributed by atoms with Gasteiger partial charge in [0.1, 0.15) is 0 Å². The number of anilines is 1. The third-order valence-electron chi connectivity index (χ3n) is 4.58. The van der Waals surface area contributed by atoms with Gasteiger partial charge in [-0.15, -0.1) is 5.10 Å². The molecule has 152 valence electrons. The van der Waals surface area contributed by atoms with E-state index in [4.69, 9.17) is 4.42 Å². The lowest BCUT2D eigenvalue weighted by Crippen LogP contribution is -2.16. The van der Waals surface area contributed by atoms with Gasteiger partial charge in [0.25, 0.3) is 0 Å². The van der Waals surface area contributed by atoms with Crippen LogP contribution in [-0.4, -0.2) is 30.3 Å². The SMILES string of the molecule is Cc1cc(C)c(CC(=O)Nc2nnc(CCS(=O)(=O)c3ccccc3)o2)c(C)c1. The van der Waals surface area contributed by atoms with Crippen LogP contribution in [0.1, 0.15) is 28.1 Å². The first-order valence-corrected chi connectivity index (χ1v) is 10.9. The van der Waals surface area contributed by atoms with E-state index in [1.165, 1.54) is 0 Å². The Balaban J connectivity index is 1.60. The summed E-state index contributed by atoms with van der Waals surface area (Å²) in [6, 6.07) is 12.2. The highest BCUT2D eigenvalue weighted by Crippen LogP contribution is 2.18. The fourth-order valence-electron chi connectivity index (χ4n) is 3.19. The second kappa shape index (κ2) is 8.57. The highest BCUT2D eigenvalue weighted by molar-refractivity contribution is 7.91. The molecule has 0 aliphatic heterocycles. The van der Waals surface area contributed by atoms with Crippen LogP contribution < -0.4 is 5.32 Å². The first kappa shape index (κ1) is 20.7. The minimum atomic E-state index is -3.44. The Bertz CT molecular complexity index is 1100. The number of sulfone groups is 1. The van der Waals surface area contributed by atoms with Crippen molar-refractivity contribution in [1.29, 1.82) is 0 Å². The minimum absolute atomic E-state index is 0.0375. The molecule has 0 radical (unpaired) electrons. The van der Waals surface area contributed by atoms with Crippen LogP contribution in [0.4, 0.5) is 6.01 Å². The molecule has 0 saturated carbocycles. The Morgan fingerprint density at radius 2 is 1.69 bits per heavy atom. The lowest BCUT2D eigenvalue weighted by atomic mass is 9.97. The fraction of sp³-hybridized carbons (Fsp3) is 0.286. The van der Waals surface area contributed by atoms with E-state index in [9.17, 15) is 13.2 Å². The number of aromatic nitrogens is 2. The van der Waals surface area contributed by atoms with E-state index in [1.54, 1.807) is 30.3 Å². The summed E-state index contributed by atoms with van der Waals surface area (Å²) in [7, 11) is -3.44. The molecule has 1 heterocycles. The third kappa shape index (κ3) is 5.29. The van der Waals surface area contributed by atoms with Crippen molar-refractivity contribution in [1.82, 2.24) is 10.2 Å². The number of aryl methyl sites for hydroxylation is 4. The largest absolute Gasteiger partial charge is 0.408 e. The van der Waals surface area contributed by atoms with Crippen molar-refractivity contribution in [3.8, 4) is 0 Å². The number of amides is 1. The van der Waals surface area contributed by atoms with E-state index < -0.39 is 9.84 Å². The van der Waals surface area contributed by atoms with Gasteiger partial charge in [0.05, 0.1) is 17.1 Å². The smallest absolute Gasteiger partial charge is 0.322 e. The maximum absolute atomic E-state index is 12.3. The molecule has 29 heavy (non-hydrogen) atoms. The van der Waals surface area contributed by atoms with Gasteiger partial charge in [-0.2, -0.15) is 0 Å². The number of hydrogen-bond acceptors (Lipinski definition) is 6. The quantitative estimate of drug-likeness (QED) is 0.638. The molecule has 1 amide bonds. The van der Waals surface area contributed by atoms with Crippen LogP contribution in [0.15, 0.2) is 51.8 Å². The topological polar surface area (TPSA) is 102 Å². The maximum Gasteiger partial charge on any atom is 0.322 e. The molecule has 8 heteroatoms. The van der Waals surface area contributed by atoms with E-state index in [1.807, 2.05) is 32.9 Å². The second-order valence-electron chi connectivity index (χ2n) is 6.99. The Morgan fingerprint density at radius 1 is 1.03 bits per heavy atom. The van der Waals surface area contributed by atoms with Crippen molar-refractivity contribution in [2.24, 2.45) is 0 Å². The number of nitrogens with one attached hydrogen (secondary N) is 1. The molecule has 7 nitrogen and oxygen atoms in total. The van der Waals surface area contributed by atoms with Crippen molar-refractivity contribution in [3.05, 3.63) is 70.6 Å². The summed E-state index contributed by atoms with van der Waals surface area (Å²) in [6.45, 7) is 5.96. The Morgan fingerprint density at radius 3 is 2.34 bits per heavy atom. The van der Waals surface area contributed by atoms with Crippen LogP contribution in [0.5, 0.6) is 0 Å². The lowest BCUT2D eigenvalue weighted by Gasteiger charge is -2.10. The molecule has 0 saturated heterocycles. The summed E-state index contributed by atoms with van der Waals surface area (Å²) in [6.07, 6.45) is 0.258. The highest BCUT2D eigenvalue weighted by atomic mass is 32.2. The van der Waals surface area contributed by atoms with Gasteiger partial charge in [-0.3, -0.25) is 10.1 Å². The Kier molecular flexibility index (Phi) is 6.12. The summed E-state index contributed by atoms with van der Waals surface area (Å²) in [4.78, 5) is 12.6. The average molecular weight is 413 g/mol. The van der Waals surface area contributed by atoms with Crippen molar-refractivity contribution in [2.45, 2.75) is 38.5 Å². The maximum atomic E-state index is 12.3. The first-order chi connectivity index (χ1) is 13.7. The zero-order valence-electron chi connectivity index (χ0n) is 16.6. The fourth-order valence-corrected chi connectivity index (χ4v) is 4.44. The predicted molar refractivity (Wildman–Crippen MR) is 109 cm³/mol. The number of hydrogen-bond donors (Lipinski definition) is 1. The first-order valence-electron chi connectivity index (χ1n) is 9.21. The van der Waals surface area contributed by atoms with Gasteiger partial charge in [-0.25, -0.2) is 8.42 Å². The van der Waals surface area contributed by atoms with Gasteiger partial charge >= 0.3 is 6.01 Å². The van der Waals surface area contributed by atoms with Gasteiger partial charge < -0.3 is 4.42 Å². The van der Waals surface area contributed by atoms with Crippen molar-refractivity contribution >= 4 is 21.8 Å². The lowest BCUT2D eigenvalue weighted by molar-refractivity contribution is -0.115. The Labute approximate surface area is 170 Å². The molecule has 0 aliphatic rings. The van der Waals surface area contributed by atoms with E-state index in [2.05, 4.69) is 15.5 Å². The van der Waals surface area contributed by atoms with Gasteiger partial charge in [0, 0.05) is 6.42 Å². The molecule has 0 fully saturated rings. The summed E-state index contributed by atoms with van der Waals surface area (Å²) in [5, 5.41) is 10.2. The van der Waals surface area contributed by atoms with Crippen molar-refractivity contribution < 1.29 is 17.6 Å². The number of rotatable bonds is 7. The normalized spacial score (nSPS) is 11.4. The molecule has 0 bridgehead atoms. The molecule has 3 aromatic rings. The second-order valence-corrected chi connectivity index (χ2v) is 9.09. The zero-order valence-corrected chi connectivity index (χ0v) is 17.4. The van der Waals surface area contributed by atoms with Crippen molar-refractivity contribution in [3.63, 3.8) is 0 Å². The standard InChI is InChI=1S/C21H23N3O4S/c1-14-11-15(2)18(16(3)12-14)13-19(25)22-21-24-23-20(28-21)9-10-29(26,27)17-7-5-4-6-8-17/h4-8,11-12H,9-10,13H2,1-3H3,(H,22,24,25). The summed E-state index contributed by atoms with van der Waals surface area (Å²) >= 11 is 0. The number of benzene rings is 2. The predicted octanol–water partition coefficient (Wildman–Crippen LogP) is 3.19. The van der Waals surface area contributed by atoms with Gasteiger partial charge in [0.2, 0.25) is 11.8 Å². The van der Waals surface area contributed by atoms with Crippen LogP contribution >= 0.6 is 0 Å². The molecule has 0 spiro atoms. The summed E-state index contributed by atoms with van der Waals surface area (Å²) < 4.78 is 30.0. The summed E-state index contributed by atoms with van der Waals surface area (Å²) in [5.41, 5.74) is 4.21. The molecule has 1 aromatic heterocycles. The van der Waals surface area contributed by atoms with E-state index in [0.717, 1.165) is 22.3 Å². The van der Waals surface area contributed by atoms with E-state index in [0.29, 0.717) is 0 Å². The molecule has 2 aromatic carbocycles. The Hall–Kier alpha value is -3.00. The zero-order chi connectivity index (χ0) is 21.0. The molecule has 0 atom stereocenters. The van der Waals surface area contributed by atoms with Crippen LogP contribution in [0, 0.1) is 20.8 Å². The molecule has 3 rings (SSSR count). The van der Waals surface area contributed by atoms with E-state index >= 15 is 0 Å². The van der Waals surface area contributed by atoms with Gasteiger partial charge in [0.15, 0.2) is 9.84 Å². The third-order valence-corrected chi connectivity index (χ3v) is 6.31. The molecule has 1 N–H and O–H groups in total. The highest BCUT2D eigenvalue weighted by Gasteiger charge is 2.17. The van der Waals surface area contributed by atoms with Gasteiger partial charge in [-0.1, -0.05) is 41.0 Å². The average Bonchev–Trinajstić information content (AvgIpc) is 3.11. The van der Waals surface area contributed by atoms with Crippen LogP contribution in [0.2, 0.25) is 0 Å². The summed E-state index contributed by atoms with van der Waals surface area (Å²) in [5.74, 6) is -0.274. The molecule has 0 aliphatic carbocycles. The number of nitrogens with zero attached hydrogens (tertiary/aromatic N) is 2. The van der Waals surface area contributed by atoms with E-state index in [-0.39, 0.29) is 41.3 Å². The number of carbonyl (C=O) groups is 1. The molecular formula is C21H23N3O4S. The number of carbonyl (C=O) groups excluding carboxylic acids is 1. The molecular weight excluding hydrogens is 390 g/mol. The van der Waals surface area contributed by atoms with Crippen LogP contribution in [0.3, 0.4) is 0 Å². The molecule has 0 unspecified atom stereocenters. The monoisotopic (exact) mass is 413 g/mol. The van der Waals surface area contributed by atoms with Crippen LogP contribution in [-0.2, 0) is 27.5 Å². The van der Waals surface area contributed by atoms with Gasteiger partial charge in [-0.05, 0) is 49.6 Å².